The van der Waals surface area contributed by atoms with Crippen molar-refractivity contribution in [2.45, 2.75) is 11.8 Å². The van der Waals surface area contributed by atoms with Crippen molar-refractivity contribution < 1.29 is 4.92 Å². The summed E-state index contributed by atoms with van der Waals surface area (Å²) >= 11 is 1.73. The molecule has 104 valence electrons. The summed E-state index contributed by atoms with van der Waals surface area (Å²) in [6.45, 7) is 2.56. The number of nitro groups is 1. The number of nitro benzene ring substituents is 1. The van der Waals surface area contributed by atoms with Gasteiger partial charge in [0.25, 0.3) is 5.69 Å². The van der Waals surface area contributed by atoms with E-state index in [9.17, 15) is 10.1 Å². The minimum Gasteiger partial charge on any atom is -0.378 e. The zero-order chi connectivity index (χ0) is 14.4. The molecule has 2 aromatic rings. The van der Waals surface area contributed by atoms with Crippen molar-refractivity contribution in [2.24, 2.45) is 0 Å². The highest BCUT2D eigenvalue weighted by molar-refractivity contribution is 7.99. The van der Waals surface area contributed by atoms with Gasteiger partial charge < -0.3 is 5.32 Å². The number of para-hydroxylation sites is 1. The summed E-state index contributed by atoms with van der Waals surface area (Å²) in [6, 6.07) is 15.2. The number of aryl methyl sites for hydroxylation is 1. The molecule has 0 radical (unpaired) electrons. The highest BCUT2D eigenvalue weighted by atomic mass is 32.2. The molecule has 0 heterocycles. The van der Waals surface area contributed by atoms with Crippen LogP contribution in [0.25, 0.3) is 0 Å². The number of rotatable bonds is 6. The summed E-state index contributed by atoms with van der Waals surface area (Å²) in [5, 5.41) is 14.2. The molecule has 0 spiro atoms. The maximum absolute atomic E-state index is 11.0. The molecule has 0 aliphatic carbocycles. The van der Waals surface area contributed by atoms with E-state index in [-0.39, 0.29) is 10.6 Å². The molecule has 0 saturated heterocycles. The van der Waals surface area contributed by atoms with E-state index in [0.717, 1.165) is 11.3 Å². The van der Waals surface area contributed by atoms with Crippen LogP contribution in [0.1, 0.15) is 5.56 Å². The number of nitrogens with zero attached hydrogens (tertiary/aromatic N) is 1. The second kappa shape index (κ2) is 6.96. The summed E-state index contributed by atoms with van der Waals surface area (Å²) < 4.78 is 0. The van der Waals surface area contributed by atoms with E-state index in [1.54, 1.807) is 17.8 Å². The van der Waals surface area contributed by atoms with Crippen LogP contribution in [0.2, 0.25) is 0 Å². The van der Waals surface area contributed by atoms with Gasteiger partial charge in [-0.05, 0) is 24.6 Å². The maximum atomic E-state index is 11.0. The SMILES string of the molecule is Cc1cccc([N+](=O)[O-])c1NCCSc1ccccc1. The summed E-state index contributed by atoms with van der Waals surface area (Å²) in [7, 11) is 0. The van der Waals surface area contributed by atoms with Crippen LogP contribution in [0.15, 0.2) is 53.4 Å². The van der Waals surface area contributed by atoms with E-state index in [4.69, 9.17) is 0 Å². The van der Waals surface area contributed by atoms with Crippen LogP contribution in [0, 0.1) is 17.0 Å². The quantitative estimate of drug-likeness (QED) is 0.376. The topological polar surface area (TPSA) is 55.2 Å². The Morgan fingerprint density at radius 1 is 1.15 bits per heavy atom. The van der Waals surface area contributed by atoms with E-state index in [2.05, 4.69) is 17.4 Å². The van der Waals surface area contributed by atoms with Crippen molar-refractivity contribution in [1.29, 1.82) is 0 Å². The van der Waals surface area contributed by atoms with E-state index in [0.29, 0.717) is 12.2 Å². The fourth-order valence-electron chi connectivity index (χ4n) is 1.90. The van der Waals surface area contributed by atoms with Crippen molar-refractivity contribution in [3.63, 3.8) is 0 Å². The standard InChI is InChI=1S/C15H16N2O2S/c1-12-6-5-9-14(17(18)19)15(12)16-10-11-20-13-7-3-2-4-8-13/h2-9,16H,10-11H2,1H3. The van der Waals surface area contributed by atoms with Gasteiger partial charge in [-0.15, -0.1) is 11.8 Å². The van der Waals surface area contributed by atoms with Gasteiger partial charge in [0.1, 0.15) is 5.69 Å². The predicted molar refractivity (Wildman–Crippen MR) is 83.5 cm³/mol. The van der Waals surface area contributed by atoms with Gasteiger partial charge in [-0.2, -0.15) is 0 Å². The number of hydrogen-bond donors (Lipinski definition) is 1. The number of benzene rings is 2. The van der Waals surface area contributed by atoms with Gasteiger partial charge >= 0.3 is 0 Å². The molecular weight excluding hydrogens is 272 g/mol. The first-order valence-electron chi connectivity index (χ1n) is 6.34. The molecule has 0 atom stereocenters. The van der Waals surface area contributed by atoms with E-state index in [1.165, 1.54) is 11.0 Å². The fourth-order valence-corrected chi connectivity index (χ4v) is 2.69. The number of anilines is 1. The van der Waals surface area contributed by atoms with Gasteiger partial charge in [-0.1, -0.05) is 30.3 Å². The fraction of sp³-hybridized carbons (Fsp3) is 0.200. The minimum absolute atomic E-state index is 0.134. The molecule has 5 heteroatoms. The van der Waals surface area contributed by atoms with Crippen LogP contribution in [0.5, 0.6) is 0 Å². The Hall–Kier alpha value is -2.01. The lowest BCUT2D eigenvalue weighted by Crippen LogP contribution is -2.07. The normalized spacial score (nSPS) is 10.2. The van der Waals surface area contributed by atoms with E-state index in [1.807, 2.05) is 31.2 Å². The Balaban J connectivity index is 1.93. The summed E-state index contributed by atoms with van der Waals surface area (Å²) in [4.78, 5) is 11.8. The van der Waals surface area contributed by atoms with Gasteiger partial charge in [0.2, 0.25) is 0 Å². The highest BCUT2D eigenvalue weighted by Gasteiger charge is 2.14. The summed E-state index contributed by atoms with van der Waals surface area (Å²) in [6.07, 6.45) is 0. The first kappa shape index (κ1) is 14.4. The Kier molecular flexibility index (Phi) is 5.01. The van der Waals surface area contributed by atoms with E-state index >= 15 is 0 Å². The van der Waals surface area contributed by atoms with Gasteiger partial charge in [0.15, 0.2) is 0 Å². The predicted octanol–water partition coefficient (Wildman–Crippen LogP) is 4.11. The van der Waals surface area contributed by atoms with Gasteiger partial charge in [0, 0.05) is 23.3 Å². The zero-order valence-electron chi connectivity index (χ0n) is 11.2. The first-order valence-corrected chi connectivity index (χ1v) is 7.33. The molecule has 0 fully saturated rings. The minimum atomic E-state index is -0.348. The Bertz CT molecular complexity index is 588. The first-order chi connectivity index (χ1) is 9.68. The summed E-state index contributed by atoms with van der Waals surface area (Å²) in [5.41, 5.74) is 1.64. The van der Waals surface area contributed by atoms with Gasteiger partial charge in [-0.3, -0.25) is 10.1 Å². The van der Waals surface area contributed by atoms with Crippen molar-refractivity contribution in [2.75, 3.05) is 17.6 Å². The second-order valence-electron chi connectivity index (χ2n) is 4.31. The van der Waals surface area contributed by atoms with Crippen molar-refractivity contribution in [1.82, 2.24) is 0 Å². The molecule has 0 saturated carbocycles. The van der Waals surface area contributed by atoms with Crippen molar-refractivity contribution in [3.8, 4) is 0 Å². The number of nitrogens with one attached hydrogen (secondary N) is 1. The number of thioether (sulfide) groups is 1. The highest BCUT2D eigenvalue weighted by Crippen LogP contribution is 2.27. The van der Waals surface area contributed by atoms with Gasteiger partial charge in [-0.25, -0.2) is 0 Å². The van der Waals surface area contributed by atoms with Crippen LogP contribution < -0.4 is 5.32 Å². The molecule has 2 aromatic carbocycles. The van der Waals surface area contributed by atoms with Crippen LogP contribution in [0.4, 0.5) is 11.4 Å². The lowest BCUT2D eigenvalue weighted by molar-refractivity contribution is -0.384. The lowest BCUT2D eigenvalue weighted by Gasteiger charge is -2.09. The molecule has 0 aliphatic heterocycles. The third-order valence-corrected chi connectivity index (χ3v) is 3.88. The molecule has 0 unspecified atom stereocenters. The molecule has 1 N–H and O–H groups in total. The third kappa shape index (κ3) is 3.74. The number of hydrogen-bond acceptors (Lipinski definition) is 4. The van der Waals surface area contributed by atoms with Crippen LogP contribution in [0.3, 0.4) is 0 Å². The average molecular weight is 288 g/mol. The van der Waals surface area contributed by atoms with Crippen LogP contribution in [-0.2, 0) is 0 Å². The molecule has 0 aromatic heterocycles. The smallest absolute Gasteiger partial charge is 0.292 e. The Labute approximate surface area is 122 Å². The van der Waals surface area contributed by atoms with Gasteiger partial charge in [0.05, 0.1) is 4.92 Å². The summed E-state index contributed by atoms with van der Waals surface area (Å²) in [5.74, 6) is 0.857. The Morgan fingerprint density at radius 2 is 1.90 bits per heavy atom. The average Bonchev–Trinajstić information content (AvgIpc) is 2.45. The van der Waals surface area contributed by atoms with Crippen LogP contribution >= 0.6 is 11.8 Å². The molecule has 2 rings (SSSR count). The third-order valence-electron chi connectivity index (χ3n) is 2.86. The molecule has 0 bridgehead atoms. The van der Waals surface area contributed by atoms with E-state index < -0.39 is 0 Å². The van der Waals surface area contributed by atoms with Crippen molar-refractivity contribution in [3.05, 3.63) is 64.2 Å². The lowest BCUT2D eigenvalue weighted by atomic mass is 10.1. The largest absolute Gasteiger partial charge is 0.378 e. The Morgan fingerprint density at radius 3 is 2.60 bits per heavy atom. The molecule has 0 amide bonds. The molecule has 20 heavy (non-hydrogen) atoms. The van der Waals surface area contributed by atoms with Crippen molar-refractivity contribution >= 4 is 23.1 Å². The molecule has 4 nitrogen and oxygen atoms in total. The monoisotopic (exact) mass is 288 g/mol. The molecule has 0 aliphatic rings. The zero-order valence-corrected chi connectivity index (χ0v) is 12.0. The second-order valence-corrected chi connectivity index (χ2v) is 5.48. The molecular formula is C15H16N2O2S. The maximum Gasteiger partial charge on any atom is 0.292 e. The van der Waals surface area contributed by atoms with Crippen LogP contribution in [-0.4, -0.2) is 17.2 Å².